The minimum Gasteiger partial charge on any atom is -0.393 e. The van der Waals surface area contributed by atoms with Crippen LogP contribution >= 0.6 is 0 Å². The summed E-state index contributed by atoms with van der Waals surface area (Å²) in [6, 6.07) is -0.421. The van der Waals surface area contributed by atoms with Gasteiger partial charge >= 0.3 is 0 Å². The van der Waals surface area contributed by atoms with Gasteiger partial charge in [-0.3, -0.25) is 4.79 Å². The van der Waals surface area contributed by atoms with Crippen LogP contribution in [0.5, 0.6) is 0 Å². The van der Waals surface area contributed by atoms with Crippen molar-refractivity contribution in [2.24, 2.45) is 17.6 Å². The van der Waals surface area contributed by atoms with Crippen LogP contribution in [0.1, 0.15) is 46.0 Å². The predicted octanol–water partition coefficient (Wildman–Crippen LogP) is 1.03. The van der Waals surface area contributed by atoms with Crippen LogP contribution in [-0.2, 0) is 4.79 Å². The first-order valence-corrected chi connectivity index (χ1v) is 6.72. The molecule has 0 radical (unpaired) electrons. The van der Waals surface area contributed by atoms with Crippen molar-refractivity contribution < 1.29 is 9.90 Å². The van der Waals surface area contributed by atoms with E-state index in [0.29, 0.717) is 18.9 Å². The van der Waals surface area contributed by atoms with Gasteiger partial charge in [0.2, 0.25) is 5.91 Å². The number of rotatable bonds is 5. The Balaban J connectivity index is 2.26. The molecule has 1 aliphatic rings. The summed E-state index contributed by atoms with van der Waals surface area (Å²) in [4.78, 5) is 11.7. The summed E-state index contributed by atoms with van der Waals surface area (Å²) in [6.07, 6.45) is 4.55. The lowest BCUT2D eigenvalue weighted by Crippen LogP contribution is -2.45. The molecule has 0 aromatic carbocycles. The van der Waals surface area contributed by atoms with E-state index in [-0.39, 0.29) is 17.9 Å². The Bertz CT molecular complexity index is 244. The molecular weight excluding hydrogens is 216 g/mol. The number of hydrogen-bond donors (Lipinski definition) is 3. The highest BCUT2D eigenvalue weighted by Crippen LogP contribution is 2.23. The van der Waals surface area contributed by atoms with Gasteiger partial charge in [0.25, 0.3) is 0 Å². The van der Waals surface area contributed by atoms with E-state index in [4.69, 9.17) is 5.73 Å². The normalized spacial score (nSPS) is 26.9. The highest BCUT2D eigenvalue weighted by Gasteiger charge is 2.24. The minimum atomic E-state index is -0.421. The van der Waals surface area contributed by atoms with E-state index < -0.39 is 6.04 Å². The van der Waals surface area contributed by atoms with E-state index in [9.17, 15) is 9.90 Å². The molecule has 0 saturated heterocycles. The average Bonchev–Trinajstić information content (AvgIpc) is 2.26. The van der Waals surface area contributed by atoms with Gasteiger partial charge in [-0.05, 0) is 25.2 Å². The summed E-state index contributed by atoms with van der Waals surface area (Å²) in [7, 11) is 0. The van der Waals surface area contributed by atoms with Crippen LogP contribution < -0.4 is 11.1 Å². The molecule has 1 amide bonds. The third-order valence-electron chi connectivity index (χ3n) is 3.47. The van der Waals surface area contributed by atoms with Crippen molar-refractivity contribution in [3.8, 4) is 0 Å². The summed E-state index contributed by atoms with van der Waals surface area (Å²) < 4.78 is 0. The van der Waals surface area contributed by atoms with Gasteiger partial charge in [-0.25, -0.2) is 0 Å². The lowest BCUT2D eigenvalue weighted by Gasteiger charge is -2.28. The van der Waals surface area contributed by atoms with Crippen molar-refractivity contribution >= 4 is 5.91 Å². The van der Waals surface area contributed by atoms with Gasteiger partial charge in [0, 0.05) is 12.5 Å². The molecule has 1 saturated carbocycles. The van der Waals surface area contributed by atoms with Gasteiger partial charge in [0.15, 0.2) is 0 Å². The Morgan fingerprint density at radius 2 is 2.06 bits per heavy atom. The van der Waals surface area contributed by atoms with E-state index in [1.165, 1.54) is 0 Å². The van der Waals surface area contributed by atoms with Gasteiger partial charge in [0.1, 0.15) is 0 Å². The number of aliphatic hydroxyl groups is 1. The van der Waals surface area contributed by atoms with Crippen molar-refractivity contribution in [1.82, 2.24) is 5.32 Å². The van der Waals surface area contributed by atoms with Crippen LogP contribution in [0.2, 0.25) is 0 Å². The van der Waals surface area contributed by atoms with Crippen LogP contribution in [0.15, 0.2) is 0 Å². The number of hydrogen-bond acceptors (Lipinski definition) is 3. The Kier molecular flexibility index (Phi) is 5.92. The van der Waals surface area contributed by atoms with Crippen LogP contribution in [0, 0.1) is 11.8 Å². The molecule has 17 heavy (non-hydrogen) atoms. The molecule has 0 aromatic heterocycles. The number of nitrogens with two attached hydrogens (primary N) is 1. The summed E-state index contributed by atoms with van der Waals surface area (Å²) >= 11 is 0. The number of amides is 1. The molecule has 1 aliphatic carbocycles. The molecule has 100 valence electrons. The van der Waals surface area contributed by atoms with E-state index in [2.05, 4.69) is 19.2 Å². The molecule has 0 spiro atoms. The molecule has 0 aliphatic heterocycles. The van der Waals surface area contributed by atoms with Crippen LogP contribution in [-0.4, -0.2) is 29.7 Å². The summed E-state index contributed by atoms with van der Waals surface area (Å²) in [5.74, 6) is 0.548. The Morgan fingerprint density at radius 1 is 1.41 bits per heavy atom. The number of carbonyl (C=O) groups is 1. The first-order valence-electron chi connectivity index (χ1n) is 6.72. The van der Waals surface area contributed by atoms with Crippen molar-refractivity contribution in [3.63, 3.8) is 0 Å². The monoisotopic (exact) mass is 242 g/mol. The fourth-order valence-corrected chi connectivity index (χ4v) is 2.40. The summed E-state index contributed by atoms with van der Waals surface area (Å²) in [5.41, 5.74) is 5.79. The molecular formula is C13H26N2O2. The molecule has 0 heterocycles. The number of nitrogens with one attached hydrogen (secondary N) is 1. The number of aliphatic hydroxyl groups excluding tert-OH is 1. The van der Waals surface area contributed by atoms with Crippen molar-refractivity contribution in [3.05, 3.63) is 0 Å². The molecule has 4 heteroatoms. The van der Waals surface area contributed by atoms with Crippen molar-refractivity contribution in [2.45, 2.75) is 58.1 Å². The SMILES string of the molecule is CC(C)C[C@H](N)C(=O)NCC1CCCCC1O. The lowest BCUT2D eigenvalue weighted by molar-refractivity contribution is -0.123. The van der Waals surface area contributed by atoms with Gasteiger partial charge in [-0.1, -0.05) is 26.7 Å². The smallest absolute Gasteiger partial charge is 0.236 e. The van der Waals surface area contributed by atoms with Gasteiger partial charge in [-0.15, -0.1) is 0 Å². The zero-order chi connectivity index (χ0) is 12.8. The maximum atomic E-state index is 11.7. The fourth-order valence-electron chi connectivity index (χ4n) is 2.40. The van der Waals surface area contributed by atoms with Crippen molar-refractivity contribution in [2.75, 3.05) is 6.54 Å². The van der Waals surface area contributed by atoms with Gasteiger partial charge < -0.3 is 16.2 Å². The molecule has 4 N–H and O–H groups in total. The van der Waals surface area contributed by atoms with Crippen LogP contribution in [0.25, 0.3) is 0 Å². The van der Waals surface area contributed by atoms with Crippen LogP contribution in [0.4, 0.5) is 0 Å². The first-order chi connectivity index (χ1) is 8.00. The zero-order valence-corrected chi connectivity index (χ0v) is 11.0. The molecule has 0 bridgehead atoms. The van der Waals surface area contributed by atoms with Gasteiger partial charge in [-0.2, -0.15) is 0 Å². The van der Waals surface area contributed by atoms with E-state index in [0.717, 1.165) is 25.7 Å². The predicted molar refractivity (Wildman–Crippen MR) is 68.4 cm³/mol. The molecule has 3 atom stereocenters. The topological polar surface area (TPSA) is 75.4 Å². The second kappa shape index (κ2) is 6.97. The molecule has 0 aromatic rings. The molecule has 1 fully saturated rings. The van der Waals surface area contributed by atoms with E-state index in [1.807, 2.05) is 0 Å². The third-order valence-corrected chi connectivity index (χ3v) is 3.47. The summed E-state index contributed by atoms with van der Waals surface area (Å²) in [5, 5.41) is 12.6. The third kappa shape index (κ3) is 5.04. The maximum absolute atomic E-state index is 11.7. The first kappa shape index (κ1) is 14.5. The largest absolute Gasteiger partial charge is 0.393 e. The molecule has 1 rings (SSSR count). The van der Waals surface area contributed by atoms with Crippen LogP contribution in [0.3, 0.4) is 0 Å². The highest BCUT2D eigenvalue weighted by atomic mass is 16.3. The highest BCUT2D eigenvalue weighted by molar-refractivity contribution is 5.81. The maximum Gasteiger partial charge on any atom is 0.236 e. The minimum absolute atomic E-state index is 0.0866. The van der Waals surface area contributed by atoms with Gasteiger partial charge in [0.05, 0.1) is 12.1 Å². The van der Waals surface area contributed by atoms with E-state index in [1.54, 1.807) is 0 Å². The molecule has 4 nitrogen and oxygen atoms in total. The second-order valence-electron chi connectivity index (χ2n) is 5.59. The van der Waals surface area contributed by atoms with Crippen molar-refractivity contribution in [1.29, 1.82) is 0 Å². The lowest BCUT2D eigenvalue weighted by atomic mass is 9.86. The zero-order valence-electron chi connectivity index (χ0n) is 11.0. The standard InChI is InChI=1S/C13H26N2O2/c1-9(2)7-11(14)13(17)15-8-10-5-3-4-6-12(10)16/h9-12,16H,3-8,14H2,1-2H3,(H,15,17)/t10?,11-,12?/m0/s1. The second-order valence-corrected chi connectivity index (χ2v) is 5.59. The Morgan fingerprint density at radius 3 is 2.65 bits per heavy atom. The fraction of sp³-hybridized carbons (Fsp3) is 0.923. The number of carbonyl (C=O) groups excluding carboxylic acids is 1. The Labute approximate surface area is 104 Å². The Hall–Kier alpha value is -0.610. The summed E-state index contributed by atoms with van der Waals surface area (Å²) in [6.45, 7) is 4.67. The van der Waals surface area contributed by atoms with E-state index >= 15 is 0 Å². The average molecular weight is 242 g/mol. The quantitative estimate of drug-likeness (QED) is 0.674. The molecule has 2 unspecified atom stereocenters.